The molecule has 1 aliphatic rings. The van der Waals surface area contributed by atoms with Crippen molar-refractivity contribution in [3.05, 3.63) is 28.7 Å². The van der Waals surface area contributed by atoms with Gasteiger partial charge in [0.25, 0.3) is 0 Å². The molecule has 1 fully saturated rings. The van der Waals surface area contributed by atoms with Crippen LogP contribution in [-0.4, -0.2) is 41.8 Å². The molecule has 7 heteroatoms. The van der Waals surface area contributed by atoms with E-state index in [1.165, 1.54) is 0 Å². The molecule has 2 rings (SSSR count). The second kappa shape index (κ2) is 6.15. The van der Waals surface area contributed by atoms with Gasteiger partial charge >= 0.3 is 0 Å². The van der Waals surface area contributed by atoms with Crippen LogP contribution in [0, 0.1) is 0 Å². The Hall–Kier alpha value is -1.73. The Balaban J connectivity index is 1.98. The van der Waals surface area contributed by atoms with Gasteiger partial charge < -0.3 is 5.32 Å². The van der Waals surface area contributed by atoms with Crippen LogP contribution in [0.2, 0.25) is 0 Å². The first-order valence-corrected chi connectivity index (χ1v) is 6.89. The molecule has 0 spiro atoms. The number of nitrogens with zero attached hydrogens (tertiary/aromatic N) is 1. The lowest BCUT2D eigenvalue weighted by atomic mass is 10.2. The van der Waals surface area contributed by atoms with Gasteiger partial charge in [-0.25, -0.2) is 0 Å². The predicted octanol–water partition coefficient (Wildman–Crippen LogP) is 0.735. The van der Waals surface area contributed by atoms with Crippen LogP contribution in [0.4, 0.5) is 5.69 Å². The van der Waals surface area contributed by atoms with Crippen molar-refractivity contribution in [2.45, 2.75) is 13.0 Å². The van der Waals surface area contributed by atoms with Crippen LogP contribution < -0.4 is 10.6 Å². The molecule has 0 bridgehead atoms. The third-order valence-electron chi connectivity index (χ3n) is 2.93. The number of piperazine rings is 1. The number of rotatable bonds is 3. The van der Waals surface area contributed by atoms with Crippen LogP contribution in [0.1, 0.15) is 6.92 Å². The molecule has 106 valence electrons. The normalized spacial score (nSPS) is 19.1. The highest BCUT2D eigenvalue weighted by atomic mass is 79.9. The van der Waals surface area contributed by atoms with Crippen LogP contribution in [0.3, 0.4) is 0 Å². The molecule has 20 heavy (non-hydrogen) atoms. The highest BCUT2D eigenvalue weighted by Crippen LogP contribution is 2.14. The maximum Gasteiger partial charge on any atom is 0.246 e. The summed E-state index contributed by atoms with van der Waals surface area (Å²) in [6.07, 6.45) is 0. The van der Waals surface area contributed by atoms with E-state index >= 15 is 0 Å². The first-order chi connectivity index (χ1) is 9.47. The molecular weight excluding hydrogens is 326 g/mol. The number of halogens is 1. The Labute approximate surface area is 124 Å². The van der Waals surface area contributed by atoms with E-state index in [1.807, 2.05) is 0 Å². The van der Waals surface area contributed by atoms with Gasteiger partial charge in [-0.3, -0.25) is 24.6 Å². The highest BCUT2D eigenvalue weighted by Gasteiger charge is 2.32. The van der Waals surface area contributed by atoms with Gasteiger partial charge in [-0.05, 0) is 31.2 Å². The van der Waals surface area contributed by atoms with Crippen LogP contribution >= 0.6 is 15.9 Å². The lowest BCUT2D eigenvalue weighted by Crippen LogP contribution is -2.58. The second-order valence-electron chi connectivity index (χ2n) is 4.48. The summed E-state index contributed by atoms with van der Waals surface area (Å²) in [4.78, 5) is 36.3. The lowest BCUT2D eigenvalue weighted by molar-refractivity contribution is -0.150. The monoisotopic (exact) mass is 339 g/mol. The average molecular weight is 340 g/mol. The number of carbonyl (C=O) groups excluding carboxylic acids is 3. The number of nitrogens with one attached hydrogen (secondary N) is 2. The maximum absolute atomic E-state index is 11.9. The first kappa shape index (κ1) is 14.7. The topological polar surface area (TPSA) is 78.5 Å². The van der Waals surface area contributed by atoms with Crippen LogP contribution in [0.15, 0.2) is 28.7 Å². The summed E-state index contributed by atoms with van der Waals surface area (Å²) < 4.78 is 0.900. The van der Waals surface area contributed by atoms with Crippen molar-refractivity contribution < 1.29 is 14.4 Å². The average Bonchev–Trinajstić information content (AvgIpc) is 2.42. The zero-order valence-electron chi connectivity index (χ0n) is 10.9. The fourth-order valence-electron chi connectivity index (χ4n) is 1.82. The summed E-state index contributed by atoms with van der Waals surface area (Å²) >= 11 is 3.30. The van der Waals surface area contributed by atoms with Crippen molar-refractivity contribution in [1.29, 1.82) is 0 Å². The van der Waals surface area contributed by atoms with Crippen LogP contribution in [-0.2, 0) is 14.4 Å². The van der Waals surface area contributed by atoms with Gasteiger partial charge in [0.1, 0.15) is 6.54 Å². The van der Waals surface area contributed by atoms with Gasteiger partial charge in [0.2, 0.25) is 17.7 Å². The van der Waals surface area contributed by atoms with E-state index in [1.54, 1.807) is 31.2 Å². The molecule has 0 saturated carbocycles. The third kappa shape index (κ3) is 3.43. The minimum atomic E-state index is -0.451. The standard InChI is InChI=1S/C13H14BrN3O3/c1-8-13(20)17(12(19)6-15-8)7-11(18)16-10-4-2-9(14)3-5-10/h2-5,8,15H,6-7H2,1H3,(H,16,18). The molecule has 1 unspecified atom stereocenters. The number of amides is 3. The predicted molar refractivity (Wildman–Crippen MR) is 77.0 cm³/mol. The van der Waals surface area contributed by atoms with Crippen molar-refractivity contribution in [3.8, 4) is 0 Å². The summed E-state index contributed by atoms with van der Waals surface area (Å²) in [5.74, 6) is -1.17. The second-order valence-corrected chi connectivity index (χ2v) is 5.39. The SMILES string of the molecule is CC1NCC(=O)N(CC(=O)Nc2ccc(Br)cc2)C1=O. The Kier molecular flexibility index (Phi) is 4.51. The van der Waals surface area contributed by atoms with E-state index < -0.39 is 11.9 Å². The quantitative estimate of drug-likeness (QED) is 0.796. The van der Waals surface area contributed by atoms with Crippen LogP contribution in [0.5, 0.6) is 0 Å². The molecule has 1 saturated heterocycles. The number of imide groups is 1. The molecule has 1 aliphatic heterocycles. The third-order valence-corrected chi connectivity index (χ3v) is 3.46. The maximum atomic E-state index is 11.9. The number of anilines is 1. The molecule has 1 heterocycles. The largest absolute Gasteiger partial charge is 0.325 e. The van der Waals surface area contributed by atoms with Gasteiger partial charge in [-0.15, -0.1) is 0 Å². The van der Waals surface area contributed by atoms with E-state index in [0.717, 1.165) is 9.37 Å². The smallest absolute Gasteiger partial charge is 0.246 e. The zero-order chi connectivity index (χ0) is 14.7. The molecule has 3 amide bonds. The van der Waals surface area contributed by atoms with Crippen molar-refractivity contribution in [3.63, 3.8) is 0 Å². The summed E-state index contributed by atoms with van der Waals surface area (Å²) in [5.41, 5.74) is 0.612. The Bertz CT molecular complexity index is 544. The Morgan fingerprint density at radius 1 is 1.40 bits per heavy atom. The van der Waals surface area contributed by atoms with Gasteiger partial charge in [-0.1, -0.05) is 15.9 Å². The first-order valence-electron chi connectivity index (χ1n) is 6.10. The fraction of sp³-hybridized carbons (Fsp3) is 0.308. The lowest BCUT2D eigenvalue weighted by Gasteiger charge is -2.29. The summed E-state index contributed by atoms with van der Waals surface area (Å²) in [6, 6.07) is 6.59. The number of carbonyl (C=O) groups is 3. The van der Waals surface area contributed by atoms with Crippen molar-refractivity contribution >= 4 is 39.3 Å². The van der Waals surface area contributed by atoms with Crippen molar-refractivity contribution in [2.24, 2.45) is 0 Å². The molecular formula is C13H14BrN3O3. The zero-order valence-corrected chi connectivity index (χ0v) is 12.4. The van der Waals surface area contributed by atoms with Gasteiger partial charge in [0, 0.05) is 10.2 Å². The molecule has 1 atom stereocenters. The van der Waals surface area contributed by atoms with Gasteiger partial charge in [0.05, 0.1) is 12.6 Å². The minimum Gasteiger partial charge on any atom is -0.325 e. The number of hydrogen-bond donors (Lipinski definition) is 2. The fourth-order valence-corrected chi connectivity index (χ4v) is 2.09. The van der Waals surface area contributed by atoms with E-state index in [0.29, 0.717) is 5.69 Å². The van der Waals surface area contributed by atoms with E-state index in [4.69, 9.17) is 0 Å². The molecule has 0 aliphatic carbocycles. The van der Waals surface area contributed by atoms with E-state index in [9.17, 15) is 14.4 Å². The Morgan fingerprint density at radius 3 is 2.70 bits per heavy atom. The molecule has 0 radical (unpaired) electrons. The number of hydrogen-bond acceptors (Lipinski definition) is 4. The summed E-state index contributed by atoms with van der Waals surface area (Å²) in [6.45, 7) is 1.46. The van der Waals surface area contributed by atoms with Gasteiger partial charge in [0.15, 0.2) is 0 Å². The van der Waals surface area contributed by atoms with E-state index in [2.05, 4.69) is 26.6 Å². The molecule has 2 N–H and O–H groups in total. The van der Waals surface area contributed by atoms with Crippen molar-refractivity contribution in [1.82, 2.24) is 10.2 Å². The van der Waals surface area contributed by atoms with Gasteiger partial charge in [-0.2, -0.15) is 0 Å². The molecule has 6 nitrogen and oxygen atoms in total. The molecule has 1 aromatic rings. The highest BCUT2D eigenvalue weighted by molar-refractivity contribution is 9.10. The number of benzene rings is 1. The Morgan fingerprint density at radius 2 is 2.05 bits per heavy atom. The van der Waals surface area contributed by atoms with Crippen molar-refractivity contribution in [2.75, 3.05) is 18.4 Å². The summed E-state index contributed by atoms with van der Waals surface area (Å²) in [7, 11) is 0. The van der Waals surface area contributed by atoms with E-state index in [-0.39, 0.29) is 24.9 Å². The summed E-state index contributed by atoms with van der Waals surface area (Å²) in [5, 5.41) is 5.41. The molecule has 0 aromatic heterocycles. The van der Waals surface area contributed by atoms with Crippen LogP contribution in [0.25, 0.3) is 0 Å². The molecule has 1 aromatic carbocycles. The minimum absolute atomic E-state index is 0.0679.